The maximum absolute atomic E-state index is 15.0. The molecule has 0 bridgehead atoms. The van der Waals surface area contributed by atoms with Crippen molar-refractivity contribution in [2.45, 2.75) is 57.0 Å². The smallest absolute Gasteiger partial charge is 0.238 e. The summed E-state index contributed by atoms with van der Waals surface area (Å²) in [5.74, 6) is -1.56. The Morgan fingerprint density at radius 2 is 1.48 bits per heavy atom. The lowest BCUT2D eigenvalue weighted by Gasteiger charge is -2.39. The molecule has 3 aliphatic rings. The van der Waals surface area contributed by atoms with Crippen molar-refractivity contribution in [2.75, 3.05) is 10.2 Å². The van der Waals surface area contributed by atoms with Gasteiger partial charge in [0.15, 0.2) is 11.6 Å². The molecule has 5 heteroatoms. The largest absolute Gasteiger partial charge is 0.352 e. The normalized spacial score (nSPS) is 23.0. The monoisotopic (exact) mass is 580 g/mol. The predicted octanol–water partition coefficient (Wildman–Crippen LogP) is 7.67. The van der Waals surface area contributed by atoms with Gasteiger partial charge in [-0.3, -0.25) is 14.4 Å². The van der Waals surface area contributed by atoms with Crippen LogP contribution in [-0.4, -0.2) is 29.6 Å². The third-order valence-electron chi connectivity index (χ3n) is 9.80. The fourth-order valence-electron chi connectivity index (χ4n) is 7.75. The Morgan fingerprint density at radius 3 is 2.25 bits per heavy atom. The zero-order valence-corrected chi connectivity index (χ0v) is 25.1. The second-order valence-corrected chi connectivity index (χ2v) is 12.3. The number of benzene rings is 4. The molecule has 1 saturated heterocycles. The van der Waals surface area contributed by atoms with Gasteiger partial charge in [0.25, 0.3) is 0 Å². The van der Waals surface area contributed by atoms with Gasteiger partial charge >= 0.3 is 0 Å². The van der Waals surface area contributed by atoms with Crippen LogP contribution in [0.4, 0.5) is 11.4 Å². The van der Waals surface area contributed by atoms with Gasteiger partial charge in [0.05, 0.1) is 12.0 Å². The number of carbonyl (C=O) groups excluding carboxylic acids is 3. The van der Waals surface area contributed by atoms with Crippen LogP contribution in [0.1, 0.15) is 70.5 Å². The first-order valence-electron chi connectivity index (χ1n) is 15.7. The molecule has 5 nitrogen and oxygen atoms in total. The maximum atomic E-state index is 15.0. The number of nitrogens with zero attached hydrogens (tertiary/aromatic N) is 1. The van der Waals surface area contributed by atoms with Crippen LogP contribution in [-0.2, 0) is 16.6 Å². The minimum atomic E-state index is -1.31. The van der Waals surface area contributed by atoms with Crippen molar-refractivity contribution < 1.29 is 14.4 Å². The van der Waals surface area contributed by atoms with Crippen molar-refractivity contribution in [2.24, 2.45) is 5.92 Å². The molecule has 3 aliphatic heterocycles. The van der Waals surface area contributed by atoms with Gasteiger partial charge in [-0.2, -0.15) is 0 Å². The van der Waals surface area contributed by atoms with E-state index in [1.54, 1.807) is 12.1 Å². The number of unbranched alkanes of at least 4 members (excludes halogenated alkanes) is 2. The zero-order chi connectivity index (χ0) is 30.4. The Hall–Kier alpha value is -4.77. The fourth-order valence-corrected chi connectivity index (χ4v) is 7.75. The fraction of sp³-hybridized carbons (Fsp3) is 0.256. The molecule has 1 amide bonds. The number of amides is 1. The minimum Gasteiger partial charge on any atom is -0.352 e. The van der Waals surface area contributed by atoms with Crippen molar-refractivity contribution in [1.82, 2.24) is 0 Å². The Balaban J connectivity index is 1.46. The number of ketones is 2. The number of carbonyl (C=O) groups is 3. The number of rotatable bonds is 8. The van der Waals surface area contributed by atoms with Crippen molar-refractivity contribution in [3.8, 4) is 0 Å². The van der Waals surface area contributed by atoms with E-state index in [1.807, 2.05) is 97.9 Å². The lowest BCUT2D eigenvalue weighted by Crippen LogP contribution is -2.51. The van der Waals surface area contributed by atoms with Gasteiger partial charge in [0, 0.05) is 28.1 Å². The number of aryl methyl sites for hydroxylation is 1. The summed E-state index contributed by atoms with van der Waals surface area (Å²) in [4.78, 5) is 46.4. The van der Waals surface area contributed by atoms with E-state index in [-0.39, 0.29) is 17.5 Å². The summed E-state index contributed by atoms with van der Waals surface area (Å²) >= 11 is 0. The molecular weight excluding hydrogens is 544 g/mol. The highest BCUT2D eigenvalue weighted by molar-refractivity contribution is 6.18. The van der Waals surface area contributed by atoms with Crippen molar-refractivity contribution in [1.29, 1.82) is 0 Å². The molecule has 4 aromatic carbocycles. The Kier molecular flexibility index (Phi) is 7.04. The van der Waals surface area contributed by atoms with E-state index in [0.29, 0.717) is 16.8 Å². The molecule has 0 aromatic heterocycles. The number of hydrogen-bond donors (Lipinski definition) is 1. The summed E-state index contributed by atoms with van der Waals surface area (Å²) in [6, 6.07) is 31.2. The van der Waals surface area contributed by atoms with Crippen LogP contribution in [0.15, 0.2) is 109 Å². The molecule has 1 spiro atoms. The molecule has 0 saturated carbocycles. The van der Waals surface area contributed by atoms with E-state index in [4.69, 9.17) is 0 Å². The first kappa shape index (κ1) is 28.0. The average molecular weight is 581 g/mol. The molecule has 4 atom stereocenters. The van der Waals surface area contributed by atoms with E-state index >= 15 is 4.79 Å². The van der Waals surface area contributed by atoms with E-state index in [9.17, 15) is 9.59 Å². The third-order valence-corrected chi connectivity index (χ3v) is 9.80. The van der Waals surface area contributed by atoms with Gasteiger partial charge in [0.1, 0.15) is 11.5 Å². The highest BCUT2D eigenvalue weighted by atomic mass is 16.2. The molecule has 44 heavy (non-hydrogen) atoms. The minimum absolute atomic E-state index is 0.165. The topological polar surface area (TPSA) is 66.5 Å². The molecule has 220 valence electrons. The van der Waals surface area contributed by atoms with Crippen LogP contribution in [0.3, 0.4) is 0 Å². The van der Waals surface area contributed by atoms with E-state index in [1.165, 1.54) is 5.56 Å². The van der Waals surface area contributed by atoms with Gasteiger partial charge < -0.3 is 10.2 Å². The zero-order valence-electron chi connectivity index (χ0n) is 25.1. The molecule has 1 N–H and O–H groups in total. The highest BCUT2D eigenvalue weighted by Gasteiger charge is 2.70. The molecule has 4 aromatic rings. The van der Waals surface area contributed by atoms with E-state index < -0.39 is 23.4 Å². The Morgan fingerprint density at radius 1 is 0.795 bits per heavy atom. The van der Waals surface area contributed by atoms with Crippen LogP contribution in [0.25, 0.3) is 5.57 Å². The first-order valence-corrected chi connectivity index (χ1v) is 15.7. The second kappa shape index (κ2) is 11.1. The van der Waals surface area contributed by atoms with Crippen LogP contribution < -0.4 is 10.2 Å². The average Bonchev–Trinajstić information content (AvgIpc) is 3.53. The molecule has 3 heterocycles. The molecule has 0 unspecified atom stereocenters. The SMILES string of the molecule is CCCCCc1ccc(C(=O)[C@H]2[C@H](C(=O)c3ccccc3)N3c4ccccc4C(C)=C[C@@H]3[C@]23C(=O)Nc2ccccc23)cc1. The molecule has 0 aliphatic carbocycles. The molecule has 7 rings (SSSR count). The predicted molar refractivity (Wildman–Crippen MR) is 175 cm³/mol. The lowest BCUT2D eigenvalue weighted by atomic mass is 9.64. The van der Waals surface area contributed by atoms with Gasteiger partial charge in [-0.1, -0.05) is 117 Å². The van der Waals surface area contributed by atoms with Crippen molar-refractivity contribution in [3.63, 3.8) is 0 Å². The van der Waals surface area contributed by atoms with Crippen LogP contribution >= 0.6 is 0 Å². The summed E-state index contributed by atoms with van der Waals surface area (Å²) in [5, 5.41) is 3.12. The van der Waals surface area contributed by atoms with Crippen LogP contribution in [0.2, 0.25) is 0 Å². The Bertz CT molecular complexity index is 1790. The van der Waals surface area contributed by atoms with Gasteiger partial charge in [-0.15, -0.1) is 0 Å². The van der Waals surface area contributed by atoms with Crippen LogP contribution in [0, 0.1) is 5.92 Å². The standard InChI is InChI=1S/C39H36N2O3/c1-3-4-6-13-26-20-22-28(23-21-26)36(42)34-35(37(43)27-14-7-5-8-15-27)41-32-19-12-9-16-29(32)25(2)24-33(41)39(34)30-17-10-11-18-31(30)40-38(39)44/h5,7-12,14-24,33-35H,3-4,6,13H2,1-2H3,(H,40,44)/t33-,34-,35-,39+/m1/s1. The number of Topliss-reactive ketones (excluding diaryl/α,β-unsaturated/α-hetero) is 2. The number of para-hydroxylation sites is 2. The summed E-state index contributed by atoms with van der Waals surface area (Å²) in [6.07, 6.45) is 6.46. The van der Waals surface area contributed by atoms with Crippen molar-refractivity contribution in [3.05, 3.63) is 137 Å². The maximum Gasteiger partial charge on any atom is 0.238 e. The summed E-state index contributed by atoms with van der Waals surface area (Å²) in [6.45, 7) is 4.23. The summed E-state index contributed by atoms with van der Waals surface area (Å²) in [7, 11) is 0. The molecule has 1 fully saturated rings. The van der Waals surface area contributed by atoms with Crippen molar-refractivity contribution >= 4 is 34.4 Å². The number of nitrogens with one attached hydrogen (secondary N) is 1. The molecule has 0 radical (unpaired) electrons. The van der Waals surface area contributed by atoms with E-state index in [2.05, 4.69) is 23.2 Å². The number of allylic oxidation sites excluding steroid dienone is 1. The first-order chi connectivity index (χ1) is 21.5. The number of anilines is 2. The van der Waals surface area contributed by atoms with Gasteiger partial charge in [-0.05, 0) is 48.6 Å². The third kappa shape index (κ3) is 4.17. The van der Waals surface area contributed by atoms with Gasteiger partial charge in [0.2, 0.25) is 5.91 Å². The quantitative estimate of drug-likeness (QED) is 0.172. The van der Waals surface area contributed by atoms with Gasteiger partial charge in [-0.25, -0.2) is 0 Å². The number of hydrogen-bond acceptors (Lipinski definition) is 4. The second-order valence-electron chi connectivity index (χ2n) is 12.3. The van der Waals surface area contributed by atoms with E-state index in [0.717, 1.165) is 48.1 Å². The summed E-state index contributed by atoms with van der Waals surface area (Å²) < 4.78 is 0. The summed E-state index contributed by atoms with van der Waals surface area (Å²) in [5.41, 5.74) is 5.26. The highest BCUT2D eigenvalue weighted by Crippen LogP contribution is 2.58. The molecular formula is C39H36N2O3. The number of fused-ring (bicyclic) bond motifs is 6. The Labute approximate surface area is 258 Å². The van der Waals surface area contributed by atoms with Crippen LogP contribution in [0.5, 0.6) is 0 Å². The lowest BCUT2D eigenvalue weighted by molar-refractivity contribution is -0.121.